The Morgan fingerprint density at radius 3 is 0.154 bits per heavy atom. The minimum absolute atomic E-state index is 0. The molecule has 0 atom stereocenters. The molecule has 0 aliphatic heterocycles. The molecule has 0 rings (SSSR count). The maximum absolute atomic E-state index is 0. The van der Waals surface area contributed by atoms with Crippen molar-refractivity contribution in [2.24, 2.45) is 0 Å². The molecule has 0 nitrogen and oxygen atoms in total. The second-order valence-electron chi connectivity index (χ2n) is 0. The Balaban J connectivity index is 0. The summed E-state index contributed by atoms with van der Waals surface area (Å²) in [4.78, 5) is 0. The van der Waals surface area contributed by atoms with Crippen LogP contribution in [0.15, 0.2) is 0 Å². The summed E-state index contributed by atoms with van der Waals surface area (Å²) in [5.74, 6) is 0. The van der Waals surface area contributed by atoms with Gasteiger partial charge in [0, 0.05) is 244 Å². The van der Waals surface area contributed by atoms with Gasteiger partial charge < -0.3 is 0 Å². The van der Waals surface area contributed by atoms with Crippen molar-refractivity contribution in [2.45, 2.75) is 0 Å². The molecular weight excluding hydrogens is 1520 g/mol. The van der Waals surface area contributed by atoms with E-state index in [0.717, 1.165) is 0 Å². The van der Waals surface area contributed by atoms with Gasteiger partial charge in [0.15, 0.2) is 0 Å². The average Bonchev–Trinajstić information content (AvgIpc) is 0. The summed E-state index contributed by atoms with van der Waals surface area (Å²) >= 11 is 0. The smallest absolute Gasteiger partial charge is 0 e. The Morgan fingerprint density at radius 1 is 0.154 bits per heavy atom. The van der Waals surface area contributed by atoms with Gasteiger partial charge in [-0.3, -0.25) is 0 Å². The van der Waals surface area contributed by atoms with E-state index in [1.165, 1.54) is 0 Å². The standard InChI is InChI=1S/7Co.6W. The summed E-state index contributed by atoms with van der Waals surface area (Å²) in [6.45, 7) is 0. The zero-order valence-corrected chi connectivity index (χ0v) is 29.7. The second kappa shape index (κ2) is 116. The molecule has 0 amide bonds. The van der Waals surface area contributed by atoms with Crippen LogP contribution in [0.2, 0.25) is 0 Å². The third-order valence-corrected chi connectivity index (χ3v) is 0. The molecule has 0 heterocycles. The monoisotopic (exact) mass is 1520 g/mol. The predicted molar refractivity (Wildman–Crippen MR) is 0 cm³/mol. The van der Waals surface area contributed by atoms with Gasteiger partial charge in [-0.2, -0.15) is 0 Å². The Hall–Kier alpha value is 7.68. The van der Waals surface area contributed by atoms with Crippen LogP contribution < -0.4 is 0 Å². The van der Waals surface area contributed by atoms with Crippen LogP contribution in [0.25, 0.3) is 0 Å². The van der Waals surface area contributed by atoms with Crippen molar-refractivity contribution >= 4 is 0 Å². The van der Waals surface area contributed by atoms with Gasteiger partial charge in [-0.05, 0) is 0 Å². The first-order valence-electron chi connectivity index (χ1n) is 0. The van der Waals surface area contributed by atoms with Crippen molar-refractivity contribution in [1.29, 1.82) is 0 Å². The maximum Gasteiger partial charge on any atom is 0 e. The molecular formula is Co7W6. The van der Waals surface area contributed by atoms with Gasteiger partial charge in [-0.25, -0.2) is 0 Å². The molecule has 0 aromatic heterocycles. The normalized spacial score (nSPS) is 0. The van der Waals surface area contributed by atoms with Crippen molar-refractivity contribution in [1.82, 2.24) is 0 Å². The molecule has 0 aromatic rings. The minimum Gasteiger partial charge on any atom is 0 e. The molecule has 0 bridgehead atoms. The third kappa shape index (κ3) is 104. The molecule has 7 radical (unpaired) electrons. The van der Waals surface area contributed by atoms with E-state index in [4.69, 9.17) is 0 Å². The topological polar surface area (TPSA) is 0 Å². The first-order valence-corrected chi connectivity index (χ1v) is 0. The van der Waals surface area contributed by atoms with E-state index in [1.54, 1.807) is 0 Å². The zero-order chi connectivity index (χ0) is 0. The van der Waals surface area contributed by atoms with Crippen LogP contribution in [0.3, 0.4) is 0 Å². The van der Waals surface area contributed by atoms with E-state index >= 15 is 0 Å². The summed E-state index contributed by atoms with van der Waals surface area (Å²) in [7, 11) is 0. The maximum atomic E-state index is 0. The molecule has 13 heteroatoms. The Labute approximate surface area is 238 Å². The van der Waals surface area contributed by atoms with Crippen molar-refractivity contribution in [3.05, 3.63) is 0 Å². The van der Waals surface area contributed by atoms with Crippen LogP contribution in [0.4, 0.5) is 0 Å². The van der Waals surface area contributed by atoms with Crippen LogP contribution >= 0.6 is 0 Å². The SMILES string of the molecule is [Co].[Co].[Co].[Co].[Co].[Co].[Co].[W].[W].[W].[W].[W].[W]. The first-order chi connectivity index (χ1) is 0. The average molecular weight is 1520 g/mol. The van der Waals surface area contributed by atoms with Crippen LogP contribution in [0.1, 0.15) is 0 Å². The summed E-state index contributed by atoms with van der Waals surface area (Å²) in [5.41, 5.74) is 0. The Morgan fingerprint density at radius 2 is 0.154 bits per heavy atom. The number of rotatable bonds is 0. The Bertz CT molecular complexity index is 12.9. The molecule has 0 unspecified atom stereocenters. The van der Waals surface area contributed by atoms with Crippen LogP contribution in [-0.2, 0) is 244 Å². The minimum atomic E-state index is 0. The number of hydrogen-bond donors (Lipinski definition) is 0. The molecule has 0 fully saturated rings. The fraction of sp³-hybridized carbons (Fsp3) is 0. The molecule has 13 heavy (non-hydrogen) atoms. The fourth-order valence-electron chi connectivity index (χ4n) is 0. The molecule has 99 valence electrons. The quantitative estimate of drug-likeness (QED) is 0.321. The van der Waals surface area contributed by atoms with E-state index < -0.39 is 0 Å². The van der Waals surface area contributed by atoms with Gasteiger partial charge in [-0.15, -0.1) is 0 Å². The molecule has 0 aromatic carbocycles. The molecule has 0 spiro atoms. The van der Waals surface area contributed by atoms with Gasteiger partial charge in [0.05, 0.1) is 0 Å². The predicted octanol–water partition coefficient (Wildman–Crippen LogP) is -0.0325. The summed E-state index contributed by atoms with van der Waals surface area (Å²) in [6, 6.07) is 0. The molecule has 0 saturated carbocycles. The van der Waals surface area contributed by atoms with Crippen LogP contribution in [0, 0.1) is 0 Å². The van der Waals surface area contributed by atoms with Gasteiger partial charge in [0.2, 0.25) is 0 Å². The molecule has 0 aliphatic carbocycles. The van der Waals surface area contributed by atoms with Gasteiger partial charge >= 0.3 is 0 Å². The van der Waals surface area contributed by atoms with Gasteiger partial charge in [0.1, 0.15) is 0 Å². The number of hydrogen-bond acceptors (Lipinski definition) is 0. The van der Waals surface area contributed by atoms with Crippen molar-refractivity contribution < 1.29 is 244 Å². The van der Waals surface area contributed by atoms with Gasteiger partial charge in [-0.1, -0.05) is 0 Å². The largest absolute Gasteiger partial charge is 0 e. The Kier molecular flexibility index (Phi) is 1220. The van der Waals surface area contributed by atoms with E-state index in [0.29, 0.717) is 0 Å². The molecule has 0 aliphatic rings. The van der Waals surface area contributed by atoms with E-state index in [1.807, 2.05) is 0 Å². The van der Waals surface area contributed by atoms with E-state index in [9.17, 15) is 0 Å². The zero-order valence-electron chi connectivity index (χ0n) is 4.78. The van der Waals surface area contributed by atoms with Gasteiger partial charge in [0.25, 0.3) is 0 Å². The van der Waals surface area contributed by atoms with E-state index in [-0.39, 0.29) is 244 Å². The third-order valence-electron chi connectivity index (χ3n) is 0. The molecule has 0 N–H and O–H groups in total. The fourth-order valence-corrected chi connectivity index (χ4v) is 0. The summed E-state index contributed by atoms with van der Waals surface area (Å²) in [5, 5.41) is 0. The van der Waals surface area contributed by atoms with Crippen molar-refractivity contribution in [2.75, 3.05) is 0 Å². The van der Waals surface area contributed by atoms with Crippen molar-refractivity contribution in [3.63, 3.8) is 0 Å². The summed E-state index contributed by atoms with van der Waals surface area (Å²) in [6.07, 6.45) is 0. The van der Waals surface area contributed by atoms with Crippen molar-refractivity contribution in [3.8, 4) is 0 Å². The van der Waals surface area contributed by atoms with E-state index in [2.05, 4.69) is 0 Å². The van der Waals surface area contributed by atoms with Crippen LogP contribution in [0.5, 0.6) is 0 Å². The summed E-state index contributed by atoms with van der Waals surface area (Å²) < 4.78 is 0. The second-order valence-corrected chi connectivity index (χ2v) is 0. The molecule has 0 saturated heterocycles. The first kappa shape index (κ1) is 136. The van der Waals surface area contributed by atoms with Crippen LogP contribution in [-0.4, -0.2) is 0 Å².